The zero-order valence-corrected chi connectivity index (χ0v) is 12.7. The van der Waals surface area contributed by atoms with Gasteiger partial charge in [0.1, 0.15) is 16.4 Å². The zero-order chi connectivity index (χ0) is 15.6. The van der Waals surface area contributed by atoms with E-state index in [9.17, 15) is 14.3 Å². The largest absolute Gasteiger partial charge is 0.380 e. The minimum absolute atomic E-state index is 0.279. The molecular formula is C15H16FN3O2S. The van der Waals surface area contributed by atoms with Crippen LogP contribution in [0.4, 0.5) is 9.52 Å². The van der Waals surface area contributed by atoms with Crippen molar-refractivity contribution in [2.75, 3.05) is 5.32 Å². The second-order valence-electron chi connectivity index (χ2n) is 5.50. The van der Waals surface area contributed by atoms with Crippen molar-refractivity contribution in [1.82, 2.24) is 10.2 Å². The summed E-state index contributed by atoms with van der Waals surface area (Å²) in [6.07, 6.45) is 3.21. The van der Waals surface area contributed by atoms with Gasteiger partial charge in [0.2, 0.25) is 5.13 Å². The fraction of sp³-hybridized carbons (Fsp3) is 0.400. The molecule has 1 amide bonds. The summed E-state index contributed by atoms with van der Waals surface area (Å²) in [5.74, 6) is -0.687. The molecule has 1 aliphatic carbocycles. The fourth-order valence-corrected chi connectivity index (χ4v) is 3.32. The number of carbonyl (C=O) groups excluding carboxylic acids is 1. The first-order valence-corrected chi connectivity index (χ1v) is 7.97. The van der Waals surface area contributed by atoms with Crippen molar-refractivity contribution in [3.8, 4) is 0 Å². The highest BCUT2D eigenvalue weighted by Crippen LogP contribution is 2.31. The summed E-state index contributed by atoms with van der Waals surface area (Å²) < 4.78 is 12.9. The van der Waals surface area contributed by atoms with E-state index in [0.717, 1.165) is 23.4 Å². The SMILES string of the molecule is O=C(Nc1nnc(Cc2ccc(F)cc2)s1)C1(O)CCCC1. The molecule has 2 N–H and O–H groups in total. The van der Waals surface area contributed by atoms with Crippen LogP contribution in [0.1, 0.15) is 36.3 Å². The highest BCUT2D eigenvalue weighted by Gasteiger charge is 2.39. The van der Waals surface area contributed by atoms with Gasteiger partial charge >= 0.3 is 0 Å². The maximum Gasteiger partial charge on any atom is 0.258 e. The molecule has 1 fully saturated rings. The molecule has 0 bridgehead atoms. The highest BCUT2D eigenvalue weighted by atomic mass is 32.1. The molecule has 2 aromatic rings. The van der Waals surface area contributed by atoms with Gasteiger partial charge in [-0.15, -0.1) is 10.2 Å². The Labute approximate surface area is 131 Å². The number of hydrogen-bond donors (Lipinski definition) is 2. The molecule has 0 spiro atoms. The van der Waals surface area contributed by atoms with Crippen molar-refractivity contribution in [2.24, 2.45) is 0 Å². The van der Waals surface area contributed by atoms with E-state index in [2.05, 4.69) is 15.5 Å². The second kappa shape index (κ2) is 6.10. The maximum absolute atomic E-state index is 12.9. The third-order valence-corrected chi connectivity index (χ3v) is 4.65. The van der Waals surface area contributed by atoms with Gasteiger partial charge in [-0.1, -0.05) is 23.5 Å². The monoisotopic (exact) mass is 321 g/mol. The first kappa shape index (κ1) is 15.1. The smallest absolute Gasteiger partial charge is 0.258 e. The summed E-state index contributed by atoms with van der Waals surface area (Å²) in [6, 6.07) is 6.18. The van der Waals surface area contributed by atoms with E-state index in [-0.39, 0.29) is 5.82 Å². The molecule has 1 saturated carbocycles. The van der Waals surface area contributed by atoms with Crippen molar-refractivity contribution < 1.29 is 14.3 Å². The van der Waals surface area contributed by atoms with Crippen LogP contribution in [0.5, 0.6) is 0 Å². The van der Waals surface area contributed by atoms with E-state index in [1.807, 2.05) is 0 Å². The van der Waals surface area contributed by atoms with Gasteiger partial charge in [0.05, 0.1) is 0 Å². The summed E-state index contributed by atoms with van der Waals surface area (Å²) in [7, 11) is 0. The van der Waals surface area contributed by atoms with E-state index < -0.39 is 11.5 Å². The van der Waals surface area contributed by atoms with Crippen LogP contribution in [-0.4, -0.2) is 26.8 Å². The molecule has 5 nitrogen and oxygen atoms in total. The number of carbonyl (C=O) groups is 1. The summed E-state index contributed by atoms with van der Waals surface area (Å²) in [5.41, 5.74) is -0.354. The number of benzene rings is 1. The Morgan fingerprint density at radius 3 is 2.64 bits per heavy atom. The molecule has 1 aromatic carbocycles. The Hall–Kier alpha value is -1.86. The minimum Gasteiger partial charge on any atom is -0.380 e. The fourth-order valence-electron chi connectivity index (χ4n) is 2.55. The van der Waals surface area contributed by atoms with Gasteiger partial charge in [0.25, 0.3) is 5.91 Å². The molecule has 3 rings (SSSR count). The van der Waals surface area contributed by atoms with Gasteiger partial charge in [-0.05, 0) is 43.4 Å². The molecule has 0 aliphatic heterocycles. The van der Waals surface area contributed by atoms with Crippen molar-refractivity contribution in [3.63, 3.8) is 0 Å². The predicted octanol–water partition coefficient (Wildman–Crippen LogP) is 2.51. The van der Waals surface area contributed by atoms with Crippen LogP contribution < -0.4 is 5.32 Å². The Balaban J connectivity index is 1.63. The summed E-state index contributed by atoms with van der Waals surface area (Å²) in [5, 5.41) is 21.9. The first-order valence-electron chi connectivity index (χ1n) is 7.16. The van der Waals surface area contributed by atoms with Crippen LogP contribution in [-0.2, 0) is 11.2 Å². The van der Waals surface area contributed by atoms with Crippen LogP contribution in [0.2, 0.25) is 0 Å². The number of halogens is 1. The minimum atomic E-state index is -1.28. The molecule has 1 aliphatic rings. The number of rotatable bonds is 4. The average Bonchev–Trinajstić information content (AvgIpc) is 3.12. The number of aliphatic hydroxyl groups is 1. The average molecular weight is 321 g/mol. The maximum atomic E-state index is 12.9. The van der Waals surface area contributed by atoms with Crippen molar-refractivity contribution in [3.05, 3.63) is 40.7 Å². The number of aromatic nitrogens is 2. The molecule has 0 unspecified atom stereocenters. The highest BCUT2D eigenvalue weighted by molar-refractivity contribution is 7.15. The van der Waals surface area contributed by atoms with Crippen LogP contribution in [0.3, 0.4) is 0 Å². The van der Waals surface area contributed by atoms with Crippen LogP contribution in [0.25, 0.3) is 0 Å². The van der Waals surface area contributed by atoms with Crippen molar-refractivity contribution in [1.29, 1.82) is 0 Å². The number of hydrogen-bond acceptors (Lipinski definition) is 5. The zero-order valence-electron chi connectivity index (χ0n) is 11.9. The molecule has 7 heteroatoms. The van der Waals surface area contributed by atoms with Gasteiger partial charge in [-0.2, -0.15) is 0 Å². The third kappa shape index (κ3) is 3.31. The van der Waals surface area contributed by atoms with Crippen LogP contribution >= 0.6 is 11.3 Å². The Morgan fingerprint density at radius 1 is 1.27 bits per heavy atom. The Bertz CT molecular complexity index is 666. The second-order valence-corrected chi connectivity index (χ2v) is 6.56. The quantitative estimate of drug-likeness (QED) is 0.907. The van der Waals surface area contributed by atoms with E-state index in [1.165, 1.54) is 23.5 Å². The number of nitrogens with one attached hydrogen (secondary N) is 1. The lowest BCUT2D eigenvalue weighted by molar-refractivity contribution is -0.133. The number of anilines is 1. The van der Waals surface area contributed by atoms with E-state index in [4.69, 9.17) is 0 Å². The van der Waals surface area contributed by atoms with Crippen LogP contribution in [0, 0.1) is 5.82 Å². The molecule has 0 atom stereocenters. The molecule has 1 aromatic heterocycles. The van der Waals surface area contributed by atoms with Crippen molar-refractivity contribution in [2.45, 2.75) is 37.7 Å². The lowest BCUT2D eigenvalue weighted by atomic mass is 10.0. The Kier molecular flexibility index (Phi) is 4.17. The van der Waals surface area contributed by atoms with E-state index in [1.54, 1.807) is 12.1 Å². The predicted molar refractivity (Wildman–Crippen MR) is 81.2 cm³/mol. The standard InChI is InChI=1S/C15H16FN3O2S/c16-11-5-3-10(4-6-11)9-12-18-19-14(22-12)17-13(20)15(21)7-1-2-8-15/h3-6,21H,1-2,7-9H2,(H,17,19,20). The summed E-state index contributed by atoms with van der Waals surface area (Å²) in [6.45, 7) is 0. The number of nitrogens with zero attached hydrogens (tertiary/aromatic N) is 2. The molecule has 1 heterocycles. The Morgan fingerprint density at radius 2 is 1.95 bits per heavy atom. The first-order chi connectivity index (χ1) is 10.5. The topological polar surface area (TPSA) is 75.1 Å². The van der Waals surface area contributed by atoms with Crippen molar-refractivity contribution >= 4 is 22.4 Å². The van der Waals surface area contributed by atoms with Gasteiger partial charge in [0.15, 0.2) is 0 Å². The molecule has 116 valence electrons. The molecule has 0 saturated heterocycles. The van der Waals surface area contributed by atoms with Gasteiger partial charge in [0, 0.05) is 6.42 Å². The molecule has 22 heavy (non-hydrogen) atoms. The van der Waals surface area contributed by atoms with Crippen LogP contribution in [0.15, 0.2) is 24.3 Å². The number of amides is 1. The van der Waals surface area contributed by atoms with E-state index in [0.29, 0.717) is 24.4 Å². The molecular weight excluding hydrogens is 305 g/mol. The molecule has 0 radical (unpaired) electrons. The van der Waals surface area contributed by atoms with E-state index >= 15 is 0 Å². The third-order valence-electron chi connectivity index (χ3n) is 3.81. The normalized spacial score (nSPS) is 16.6. The summed E-state index contributed by atoms with van der Waals surface area (Å²) >= 11 is 1.26. The van der Waals surface area contributed by atoms with Gasteiger partial charge in [-0.25, -0.2) is 4.39 Å². The van der Waals surface area contributed by atoms with Gasteiger partial charge in [-0.3, -0.25) is 10.1 Å². The lowest BCUT2D eigenvalue weighted by Crippen LogP contribution is -2.40. The van der Waals surface area contributed by atoms with Gasteiger partial charge < -0.3 is 5.11 Å². The lowest BCUT2D eigenvalue weighted by Gasteiger charge is -2.19. The summed E-state index contributed by atoms with van der Waals surface area (Å²) in [4.78, 5) is 12.1.